The topological polar surface area (TPSA) is 71.2 Å². The van der Waals surface area contributed by atoms with E-state index >= 15 is 0 Å². The number of hydrogen-bond acceptors (Lipinski definition) is 4. The number of nitrogens with one attached hydrogen (secondary N) is 1. The number of alkyl halides is 3. The summed E-state index contributed by atoms with van der Waals surface area (Å²) in [5.41, 5.74) is 3.21. The Kier molecular flexibility index (Phi) is 3.99. The maximum Gasteiger partial charge on any atom is 0.406 e. The monoisotopic (exact) mass is 298 g/mol. The highest BCUT2D eigenvalue weighted by atomic mass is 19.4. The van der Waals surface area contributed by atoms with Gasteiger partial charge in [0.05, 0.1) is 11.2 Å². The van der Waals surface area contributed by atoms with Gasteiger partial charge in [-0.1, -0.05) is 18.2 Å². The fourth-order valence-electron chi connectivity index (χ4n) is 1.94. The zero-order chi connectivity index (χ0) is 15.6. The van der Waals surface area contributed by atoms with Crippen molar-refractivity contribution < 1.29 is 18.0 Å². The lowest BCUT2D eigenvalue weighted by atomic mass is 10.1. The van der Waals surface area contributed by atoms with Gasteiger partial charge in [0, 0.05) is 12.4 Å². The van der Waals surface area contributed by atoms with Crippen molar-refractivity contribution in [3.8, 4) is 0 Å². The van der Waals surface area contributed by atoms with E-state index in [4.69, 9.17) is 5.84 Å². The van der Waals surface area contributed by atoms with Gasteiger partial charge in [0.1, 0.15) is 12.2 Å². The van der Waals surface area contributed by atoms with Gasteiger partial charge in [-0.3, -0.25) is 10.6 Å². The Morgan fingerprint density at radius 3 is 2.67 bits per heavy atom. The summed E-state index contributed by atoms with van der Waals surface area (Å²) >= 11 is 0. The van der Waals surface area contributed by atoms with Crippen molar-refractivity contribution in [2.75, 3.05) is 19.0 Å². The first kappa shape index (κ1) is 15.0. The summed E-state index contributed by atoms with van der Waals surface area (Å²) < 4.78 is 37.0. The van der Waals surface area contributed by atoms with E-state index in [1.807, 2.05) is 0 Å². The van der Waals surface area contributed by atoms with Crippen molar-refractivity contribution in [1.29, 1.82) is 0 Å². The summed E-state index contributed by atoms with van der Waals surface area (Å²) in [6, 6.07) is 8.20. The molecule has 0 unspecified atom stereocenters. The molecular weight excluding hydrogens is 285 g/mol. The minimum absolute atomic E-state index is 0.103. The van der Waals surface area contributed by atoms with Crippen molar-refractivity contribution in [3.63, 3.8) is 0 Å². The van der Waals surface area contributed by atoms with Crippen LogP contribution in [0.2, 0.25) is 0 Å². The Morgan fingerprint density at radius 2 is 2.05 bits per heavy atom. The number of nitrogens with zero attached hydrogens (tertiary/aromatic N) is 2. The Bertz CT molecular complexity index is 672. The second-order valence-electron chi connectivity index (χ2n) is 4.49. The maximum absolute atomic E-state index is 12.3. The van der Waals surface area contributed by atoms with Gasteiger partial charge < -0.3 is 10.3 Å². The first-order valence-electron chi connectivity index (χ1n) is 6.00. The first-order chi connectivity index (χ1) is 9.81. The van der Waals surface area contributed by atoms with Crippen LogP contribution in [0.3, 0.4) is 0 Å². The highest BCUT2D eigenvalue weighted by Crippen LogP contribution is 2.23. The lowest BCUT2D eigenvalue weighted by Gasteiger charge is -2.19. The van der Waals surface area contributed by atoms with E-state index in [-0.39, 0.29) is 5.69 Å². The van der Waals surface area contributed by atoms with Crippen LogP contribution >= 0.6 is 0 Å². The van der Waals surface area contributed by atoms with E-state index in [1.165, 1.54) is 6.07 Å². The number of halogens is 3. The molecule has 1 aromatic heterocycles. The number of nitrogen functional groups attached to an aromatic ring is 1. The minimum atomic E-state index is -4.46. The van der Waals surface area contributed by atoms with Crippen molar-refractivity contribution in [2.45, 2.75) is 6.18 Å². The Hall–Kier alpha value is -2.35. The molecular formula is C13H13F3N4O. The number of hydrazine groups is 1. The smallest absolute Gasteiger partial charge is 0.331 e. The lowest BCUT2D eigenvalue weighted by Crippen LogP contribution is -2.36. The molecule has 0 aliphatic heterocycles. The average molecular weight is 298 g/mol. The van der Waals surface area contributed by atoms with Gasteiger partial charge in [-0.05, 0) is 12.1 Å². The van der Waals surface area contributed by atoms with Gasteiger partial charge in [0.2, 0.25) is 0 Å². The largest absolute Gasteiger partial charge is 0.406 e. The molecule has 0 saturated heterocycles. The van der Waals surface area contributed by atoms with E-state index in [9.17, 15) is 18.0 Å². The Morgan fingerprint density at radius 1 is 1.38 bits per heavy atom. The zero-order valence-corrected chi connectivity index (χ0v) is 11.1. The molecule has 0 aliphatic carbocycles. The van der Waals surface area contributed by atoms with Crippen LogP contribution in [0.4, 0.5) is 18.9 Å². The number of aromatic nitrogens is 1. The van der Waals surface area contributed by atoms with Crippen LogP contribution in [-0.2, 0) is 0 Å². The van der Waals surface area contributed by atoms with Crippen molar-refractivity contribution in [3.05, 3.63) is 36.0 Å². The van der Waals surface area contributed by atoms with Crippen LogP contribution in [0.5, 0.6) is 0 Å². The molecule has 0 radical (unpaired) electrons. The highest BCUT2D eigenvalue weighted by molar-refractivity contribution is 5.99. The quantitative estimate of drug-likeness (QED) is 0.673. The van der Waals surface area contributed by atoms with Gasteiger partial charge in [-0.15, -0.1) is 0 Å². The fraction of sp³-hybridized carbons (Fsp3) is 0.231. The summed E-state index contributed by atoms with van der Waals surface area (Å²) in [6.07, 6.45) is -4.46. The predicted molar refractivity (Wildman–Crippen MR) is 72.6 cm³/mol. The predicted octanol–water partition coefficient (Wildman–Crippen LogP) is 2.15. The van der Waals surface area contributed by atoms with Gasteiger partial charge >= 0.3 is 6.18 Å². The molecule has 2 aromatic rings. The van der Waals surface area contributed by atoms with E-state index in [0.29, 0.717) is 21.5 Å². The number of nitrogens with two attached hydrogens (primary N) is 1. The average Bonchev–Trinajstić information content (AvgIpc) is 2.43. The Balaban J connectivity index is 2.40. The second kappa shape index (κ2) is 5.57. The van der Waals surface area contributed by atoms with Crippen LogP contribution in [0, 0.1) is 0 Å². The normalized spacial score (nSPS) is 11.5. The number of rotatable bonds is 3. The molecule has 112 valence electrons. The van der Waals surface area contributed by atoms with Gasteiger partial charge in [0.25, 0.3) is 5.91 Å². The van der Waals surface area contributed by atoms with Crippen LogP contribution in [0.25, 0.3) is 10.9 Å². The fourth-order valence-corrected chi connectivity index (χ4v) is 1.94. The first-order valence-corrected chi connectivity index (χ1v) is 6.00. The lowest BCUT2D eigenvalue weighted by molar-refractivity contribution is -0.138. The third kappa shape index (κ3) is 3.40. The molecule has 21 heavy (non-hydrogen) atoms. The highest BCUT2D eigenvalue weighted by Gasteiger charge is 2.32. The van der Waals surface area contributed by atoms with E-state index in [2.05, 4.69) is 10.4 Å². The number of benzene rings is 1. The molecule has 1 aromatic carbocycles. The molecule has 5 nitrogen and oxygen atoms in total. The van der Waals surface area contributed by atoms with E-state index in [1.54, 1.807) is 24.3 Å². The molecule has 1 amide bonds. The van der Waals surface area contributed by atoms with Crippen LogP contribution in [0.15, 0.2) is 30.3 Å². The molecule has 0 atom stereocenters. The maximum atomic E-state index is 12.3. The SMILES string of the molecule is CN(CC(F)(F)F)C(=O)c1cc(NN)c2ccccc2n1. The zero-order valence-electron chi connectivity index (χ0n) is 11.1. The van der Waals surface area contributed by atoms with Gasteiger partial charge in [-0.2, -0.15) is 13.2 Å². The van der Waals surface area contributed by atoms with E-state index < -0.39 is 18.6 Å². The minimum Gasteiger partial charge on any atom is -0.331 e. The van der Waals surface area contributed by atoms with Crippen LogP contribution < -0.4 is 11.3 Å². The standard InChI is InChI=1S/C13H13F3N4O/c1-20(7-13(14,15)16)12(21)11-6-10(19-17)8-4-2-3-5-9(8)18-11/h2-6H,7,17H2,1H3,(H,18,19). The number of amides is 1. The number of fused-ring (bicyclic) bond motifs is 1. The van der Waals surface area contributed by atoms with Gasteiger partial charge in [-0.25, -0.2) is 4.98 Å². The molecule has 0 fully saturated rings. The third-order valence-electron chi connectivity index (χ3n) is 2.85. The number of para-hydroxylation sites is 1. The number of carbonyl (C=O) groups is 1. The molecule has 0 bridgehead atoms. The third-order valence-corrected chi connectivity index (χ3v) is 2.85. The molecule has 1 heterocycles. The summed E-state index contributed by atoms with van der Waals surface area (Å²) in [5.74, 6) is 4.56. The summed E-state index contributed by atoms with van der Waals surface area (Å²) in [4.78, 5) is 16.7. The number of anilines is 1. The number of hydrogen-bond donors (Lipinski definition) is 2. The van der Waals surface area contributed by atoms with Crippen LogP contribution in [0.1, 0.15) is 10.5 Å². The summed E-state index contributed by atoms with van der Waals surface area (Å²) in [5, 5.41) is 0.676. The molecule has 0 saturated carbocycles. The summed E-state index contributed by atoms with van der Waals surface area (Å²) in [6.45, 7) is -1.34. The van der Waals surface area contributed by atoms with Crippen molar-refractivity contribution in [1.82, 2.24) is 9.88 Å². The molecule has 2 rings (SSSR count). The van der Waals surface area contributed by atoms with Gasteiger partial charge in [0.15, 0.2) is 0 Å². The van der Waals surface area contributed by atoms with Crippen LogP contribution in [-0.4, -0.2) is 35.6 Å². The molecule has 0 spiro atoms. The van der Waals surface area contributed by atoms with Crippen molar-refractivity contribution in [2.24, 2.45) is 5.84 Å². The molecule has 8 heteroatoms. The van der Waals surface area contributed by atoms with E-state index in [0.717, 1.165) is 7.05 Å². The summed E-state index contributed by atoms with van der Waals surface area (Å²) in [7, 11) is 1.07. The van der Waals surface area contributed by atoms with Crippen molar-refractivity contribution >= 4 is 22.5 Å². The number of pyridine rings is 1. The molecule has 3 N–H and O–H groups in total. The number of carbonyl (C=O) groups excluding carboxylic acids is 1. The second-order valence-corrected chi connectivity index (χ2v) is 4.49. The molecule has 0 aliphatic rings. The Labute approximate surface area is 118 Å².